The molecule has 1 aromatic carbocycles. The van der Waals surface area contributed by atoms with E-state index in [9.17, 15) is 0 Å². The summed E-state index contributed by atoms with van der Waals surface area (Å²) < 4.78 is 6.06. The number of hydrogen-bond acceptors (Lipinski definition) is 4. The fraction of sp³-hybridized carbons (Fsp3) is 0.520. The van der Waals surface area contributed by atoms with E-state index in [-0.39, 0.29) is 42.6 Å². The van der Waals surface area contributed by atoms with Crippen LogP contribution in [-0.4, -0.2) is 44.2 Å². The Labute approximate surface area is 212 Å². The molecule has 0 bridgehead atoms. The van der Waals surface area contributed by atoms with Gasteiger partial charge in [0.25, 0.3) is 0 Å². The molecule has 7 heteroatoms. The Balaban J connectivity index is 0.00000171. The van der Waals surface area contributed by atoms with Gasteiger partial charge in [-0.15, -0.1) is 37.2 Å². The van der Waals surface area contributed by atoms with Gasteiger partial charge in [-0.05, 0) is 51.8 Å². The SMILES string of the molecule is CCNC1=C2C(C)=C(C)OC(C)=C2CC1(C)CN1CCN(c2ccccc2)CC1.Cl.Cl.Cl. The average molecular weight is 503 g/mol. The molecule has 1 fully saturated rings. The lowest BCUT2D eigenvalue weighted by Crippen LogP contribution is -2.50. The van der Waals surface area contributed by atoms with E-state index in [1.165, 1.54) is 28.1 Å². The summed E-state index contributed by atoms with van der Waals surface area (Å²) in [7, 11) is 0. The van der Waals surface area contributed by atoms with Gasteiger partial charge in [-0.2, -0.15) is 0 Å². The first kappa shape index (κ1) is 28.7. The van der Waals surface area contributed by atoms with E-state index in [0.717, 1.165) is 57.2 Å². The van der Waals surface area contributed by atoms with E-state index in [1.54, 1.807) is 0 Å². The summed E-state index contributed by atoms with van der Waals surface area (Å²) in [5.41, 5.74) is 6.97. The van der Waals surface area contributed by atoms with Crippen LogP contribution in [0, 0.1) is 5.41 Å². The molecule has 1 N–H and O–H groups in total. The van der Waals surface area contributed by atoms with Gasteiger partial charge in [0.1, 0.15) is 11.5 Å². The van der Waals surface area contributed by atoms with Crippen molar-refractivity contribution in [2.75, 3.05) is 44.2 Å². The van der Waals surface area contributed by atoms with Crippen molar-refractivity contribution in [3.05, 3.63) is 64.3 Å². The number of benzene rings is 1. The molecule has 180 valence electrons. The molecule has 1 aromatic rings. The van der Waals surface area contributed by atoms with Crippen LogP contribution in [-0.2, 0) is 4.74 Å². The Morgan fingerprint density at radius 3 is 2.16 bits per heavy atom. The number of para-hydroxylation sites is 1. The standard InChI is InChI=1S/C25H35N3O.3ClH/c1-6-26-24-23-18(2)19(3)29-20(4)22(23)16-25(24,5)17-27-12-14-28(15-13-27)21-10-8-7-9-11-21;;;/h7-11,26H,6,12-17H2,1-5H3;3*1H. The van der Waals surface area contributed by atoms with Crippen LogP contribution >= 0.6 is 37.2 Å². The molecule has 0 amide bonds. The fourth-order valence-electron chi connectivity index (χ4n) is 5.19. The third-order valence-electron chi connectivity index (χ3n) is 6.78. The number of nitrogens with one attached hydrogen (secondary N) is 1. The van der Waals surface area contributed by atoms with Gasteiger partial charge in [0, 0.05) is 67.2 Å². The minimum absolute atomic E-state index is 0. The lowest BCUT2D eigenvalue weighted by molar-refractivity contribution is 0.179. The molecule has 0 saturated carbocycles. The molecule has 4 rings (SSSR count). The molecular weight excluding hydrogens is 465 g/mol. The molecule has 2 aliphatic heterocycles. The lowest BCUT2D eigenvalue weighted by Gasteiger charge is -2.40. The highest BCUT2D eigenvalue weighted by Gasteiger charge is 2.44. The van der Waals surface area contributed by atoms with Crippen molar-refractivity contribution in [3.63, 3.8) is 0 Å². The van der Waals surface area contributed by atoms with Crippen molar-refractivity contribution < 1.29 is 4.74 Å². The maximum Gasteiger partial charge on any atom is 0.104 e. The van der Waals surface area contributed by atoms with Crippen molar-refractivity contribution in [2.45, 2.75) is 41.0 Å². The minimum atomic E-state index is 0. The van der Waals surface area contributed by atoms with Crippen LogP contribution in [0.3, 0.4) is 0 Å². The van der Waals surface area contributed by atoms with Crippen molar-refractivity contribution in [2.24, 2.45) is 5.41 Å². The van der Waals surface area contributed by atoms with E-state index in [0.29, 0.717) is 0 Å². The number of rotatable bonds is 5. The number of halogens is 3. The highest BCUT2D eigenvalue weighted by molar-refractivity contribution is 5.86. The summed E-state index contributed by atoms with van der Waals surface area (Å²) in [5, 5.41) is 3.75. The number of allylic oxidation sites excluding steroid dienone is 5. The second-order valence-electron chi connectivity index (χ2n) is 8.93. The summed E-state index contributed by atoms with van der Waals surface area (Å²) in [6.07, 6.45) is 1.06. The zero-order valence-corrected chi connectivity index (χ0v) is 22.3. The first-order valence-corrected chi connectivity index (χ1v) is 11.0. The highest BCUT2D eigenvalue weighted by Crippen LogP contribution is 2.51. The summed E-state index contributed by atoms with van der Waals surface area (Å²) in [6.45, 7) is 17.5. The van der Waals surface area contributed by atoms with Crippen LogP contribution < -0.4 is 10.2 Å². The maximum absolute atomic E-state index is 6.06. The first-order chi connectivity index (χ1) is 13.9. The van der Waals surface area contributed by atoms with Gasteiger partial charge in [0.15, 0.2) is 0 Å². The summed E-state index contributed by atoms with van der Waals surface area (Å²) >= 11 is 0. The molecule has 0 radical (unpaired) electrons. The van der Waals surface area contributed by atoms with Gasteiger partial charge in [-0.1, -0.05) is 25.1 Å². The second kappa shape index (κ2) is 11.7. The predicted octanol–water partition coefficient (Wildman–Crippen LogP) is 5.95. The number of hydrogen-bond donors (Lipinski definition) is 1. The molecule has 4 nitrogen and oxygen atoms in total. The van der Waals surface area contributed by atoms with E-state index < -0.39 is 0 Å². The lowest BCUT2D eigenvalue weighted by atomic mass is 9.85. The van der Waals surface area contributed by atoms with Crippen molar-refractivity contribution in [1.82, 2.24) is 10.2 Å². The molecule has 1 atom stereocenters. The van der Waals surface area contributed by atoms with Crippen LogP contribution in [0.1, 0.15) is 41.0 Å². The second-order valence-corrected chi connectivity index (χ2v) is 8.93. The fourth-order valence-corrected chi connectivity index (χ4v) is 5.19. The number of piperazine rings is 1. The Hall–Kier alpha value is -1.33. The Morgan fingerprint density at radius 2 is 1.56 bits per heavy atom. The zero-order chi connectivity index (χ0) is 20.6. The molecule has 0 aromatic heterocycles. The van der Waals surface area contributed by atoms with Gasteiger partial charge >= 0.3 is 0 Å². The van der Waals surface area contributed by atoms with Crippen LogP contribution in [0.5, 0.6) is 0 Å². The molecule has 1 aliphatic carbocycles. The molecular formula is C25H38Cl3N3O. The normalized spacial score (nSPS) is 23.1. The van der Waals surface area contributed by atoms with Crippen LogP contribution in [0.2, 0.25) is 0 Å². The Kier molecular flexibility index (Phi) is 10.5. The van der Waals surface area contributed by atoms with Crippen molar-refractivity contribution in [1.29, 1.82) is 0 Å². The Morgan fingerprint density at radius 1 is 0.938 bits per heavy atom. The van der Waals surface area contributed by atoms with Gasteiger partial charge in [0.2, 0.25) is 0 Å². The average Bonchev–Trinajstić information content (AvgIpc) is 3.01. The van der Waals surface area contributed by atoms with Crippen LogP contribution in [0.15, 0.2) is 64.3 Å². The van der Waals surface area contributed by atoms with Gasteiger partial charge in [-0.25, -0.2) is 0 Å². The summed E-state index contributed by atoms with van der Waals surface area (Å²) in [5.74, 6) is 2.12. The first-order valence-electron chi connectivity index (χ1n) is 11.0. The van der Waals surface area contributed by atoms with Gasteiger partial charge in [0.05, 0.1) is 0 Å². The van der Waals surface area contributed by atoms with E-state index in [4.69, 9.17) is 4.74 Å². The van der Waals surface area contributed by atoms with Crippen molar-refractivity contribution in [3.8, 4) is 0 Å². The predicted molar refractivity (Wildman–Crippen MR) is 142 cm³/mol. The van der Waals surface area contributed by atoms with Crippen LogP contribution in [0.25, 0.3) is 0 Å². The number of ether oxygens (including phenoxy) is 1. The topological polar surface area (TPSA) is 27.7 Å². The van der Waals surface area contributed by atoms with Crippen LogP contribution in [0.4, 0.5) is 5.69 Å². The number of nitrogens with zero attached hydrogens (tertiary/aromatic N) is 2. The van der Waals surface area contributed by atoms with Gasteiger partial charge in [-0.3, -0.25) is 4.90 Å². The van der Waals surface area contributed by atoms with E-state index in [2.05, 4.69) is 80.1 Å². The number of anilines is 1. The maximum atomic E-state index is 6.06. The van der Waals surface area contributed by atoms with E-state index in [1.807, 2.05) is 0 Å². The molecule has 2 heterocycles. The summed E-state index contributed by atoms with van der Waals surface area (Å²) in [6, 6.07) is 10.8. The molecule has 1 unspecified atom stereocenters. The Bertz CT molecular complexity index is 874. The third kappa shape index (κ3) is 5.41. The zero-order valence-electron chi connectivity index (χ0n) is 19.9. The molecule has 3 aliphatic rings. The molecule has 0 spiro atoms. The smallest absolute Gasteiger partial charge is 0.104 e. The monoisotopic (exact) mass is 501 g/mol. The quantitative estimate of drug-likeness (QED) is 0.539. The third-order valence-corrected chi connectivity index (χ3v) is 6.78. The largest absolute Gasteiger partial charge is 0.466 e. The highest BCUT2D eigenvalue weighted by atomic mass is 35.5. The molecule has 32 heavy (non-hydrogen) atoms. The number of fused-ring (bicyclic) bond motifs is 1. The minimum Gasteiger partial charge on any atom is -0.466 e. The molecule has 1 saturated heterocycles. The van der Waals surface area contributed by atoms with Crippen molar-refractivity contribution >= 4 is 42.9 Å². The summed E-state index contributed by atoms with van der Waals surface area (Å²) in [4.78, 5) is 5.16. The van der Waals surface area contributed by atoms with E-state index >= 15 is 0 Å². The van der Waals surface area contributed by atoms with Gasteiger partial charge < -0.3 is 15.0 Å².